The summed E-state index contributed by atoms with van der Waals surface area (Å²) in [6.07, 6.45) is -3.94. The molecular weight excluding hydrogens is 485 g/mol. The van der Waals surface area contributed by atoms with E-state index in [1.54, 1.807) is 19.1 Å². The third-order valence-corrected chi connectivity index (χ3v) is 6.07. The van der Waals surface area contributed by atoms with Crippen LogP contribution >= 0.6 is 12.4 Å². The first-order valence-electron chi connectivity index (χ1n) is 10.8. The van der Waals surface area contributed by atoms with Crippen molar-refractivity contribution in [1.82, 2.24) is 30.4 Å². The minimum atomic E-state index is -4.69. The van der Waals surface area contributed by atoms with Crippen LogP contribution < -0.4 is 10.1 Å². The first-order chi connectivity index (χ1) is 16.3. The summed E-state index contributed by atoms with van der Waals surface area (Å²) in [7, 11) is 1.51. The van der Waals surface area contributed by atoms with Crippen LogP contribution in [0.15, 0.2) is 48.5 Å². The SMILES string of the molecule is COc1ccc(-n2nnnc2C(F)(F)F)cc1CN[C@H]1CCN(C(C)=O)C[C@H]1c1ccccc1.Cl. The topological polar surface area (TPSA) is 85.2 Å². The second-order valence-electron chi connectivity index (χ2n) is 8.17. The van der Waals surface area contributed by atoms with Gasteiger partial charge in [-0.1, -0.05) is 30.3 Å². The van der Waals surface area contributed by atoms with E-state index in [9.17, 15) is 18.0 Å². The summed E-state index contributed by atoms with van der Waals surface area (Å²) in [5, 5.41) is 13.4. The van der Waals surface area contributed by atoms with Crippen LogP contribution in [0.25, 0.3) is 5.69 Å². The van der Waals surface area contributed by atoms with Crippen molar-refractivity contribution in [2.24, 2.45) is 0 Å². The summed E-state index contributed by atoms with van der Waals surface area (Å²) in [4.78, 5) is 13.8. The van der Waals surface area contributed by atoms with Crippen LogP contribution in [0.4, 0.5) is 13.2 Å². The molecule has 3 aromatic rings. The maximum atomic E-state index is 13.3. The number of alkyl halides is 3. The molecule has 1 amide bonds. The van der Waals surface area contributed by atoms with Gasteiger partial charge in [0.1, 0.15) is 5.75 Å². The molecule has 8 nitrogen and oxygen atoms in total. The van der Waals surface area contributed by atoms with Crippen LogP contribution in [-0.2, 0) is 17.5 Å². The van der Waals surface area contributed by atoms with Gasteiger partial charge >= 0.3 is 6.18 Å². The Morgan fingerprint density at radius 3 is 2.60 bits per heavy atom. The van der Waals surface area contributed by atoms with Gasteiger partial charge in [0.15, 0.2) is 0 Å². The normalized spacial score (nSPS) is 18.1. The fourth-order valence-electron chi connectivity index (χ4n) is 4.33. The molecule has 1 aromatic heterocycles. The van der Waals surface area contributed by atoms with Crippen molar-refractivity contribution in [1.29, 1.82) is 0 Å². The summed E-state index contributed by atoms with van der Waals surface area (Å²) in [5.74, 6) is -0.548. The largest absolute Gasteiger partial charge is 0.496 e. The highest BCUT2D eigenvalue weighted by Gasteiger charge is 2.38. The van der Waals surface area contributed by atoms with E-state index in [0.29, 0.717) is 35.6 Å². The fourth-order valence-corrected chi connectivity index (χ4v) is 4.33. The first kappa shape index (κ1) is 26.4. The number of carbonyl (C=O) groups is 1. The predicted octanol–water partition coefficient (Wildman–Crippen LogP) is 3.61. The molecule has 1 aliphatic rings. The summed E-state index contributed by atoms with van der Waals surface area (Å²) in [6.45, 7) is 3.15. The molecule has 0 radical (unpaired) electrons. The van der Waals surface area contributed by atoms with Crippen LogP contribution in [0, 0.1) is 0 Å². The average Bonchev–Trinajstić information content (AvgIpc) is 3.34. The second-order valence-corrected chi connectivity index (χ2v) is 8.17. The zero-order valence-electron chi connectivity index (χ0n) is 19.2. The number of carbonyl (C=O) groups excluding carboxylic acids is 1. The predicted molar refractivity (Wildman–Crippen MR) is 125 cm³/mol. The highest BCUT2D eigenvalue weighted by atomic mass is 35.5. The molecule has 0 aliphatic carbocycles. The van der Waals surface area contributed by atoms with Crippen LogP contribution in [0.1, 0.15) is 36.2 Å². The number of piperidine rings is 1. The summed E-state index contributed by atoms with van der Waals surface area (Å²) >= 11 is 0. The monoisotopic (exact) mass is 510 g/mol. The minimum absolute atomic E-state index is 0. The molecule has 2 heterocycles. The lowest BCUT2D eigenvalue weighted by Crippen LogP contribution is -2.49. The standard InChI is InChI=1S/C23H25F3N6O2.ClH/c1-15(33)31-11-10-20(19(14-31)16-6-4-3-5-7-16)27-13-17-12-18(8-9-21(17)34-2)32-22(23(24,25)26)28-29-30-32;/h3-9,12,19-20,27H,10-11,13-14H2,1-2H3;1H/t19-,20-;/m0./s1. The maximum absolute atomic E-state index is 13.3. The Balaban J connectivity index is 0.00000342. The molecular formula is C23H26ClF3N6O2. The van der Waals surface area contributed by atoms with Crippen molar-refractivity contribution in [3.63, 3.8) is 0 Å². The van der Waals surface area contributed by atoms with Gasteiger partial charge in [0.05, 0.1) is 12.8 Å². The molecule has 12 heteroatoms. The zero-order chi connectivity index (χ0) is 24.3. The van der Waals surface area contributed by atoms with Gasteiger partial charge in [0.25, 0.3) is 5.82 Å². The summed E-state index contributed by atoms with van der Waals surface area (Å²) < 4.78 is 45.9. The van der Waals surface area contributed by atoms with Gasteiger partial charge in [0.2, 0.25) is 5.91 Å². The molecule has 35 heavy (non-hydrogen) atoms. The Labute approximate surface area is 206 Å². The quantitative estimate of drug-likeness (QED) is 0.545. The van der Waals surface area contributed by atoms with Crippen LogP contribution in [0.2, 0.25) is 0 Å². The summed E-state index contributed by atoms with van der Waals surface area (Å²) in [5.41, 5.74) is 1.97. The number of benzene rings is 2. The van der Waals surface area contributed by atoms with E-state index in [0.717, 1.165) is 12.0 Å². The number of methoxy groups -OCH3 is 1. The molecule has 0 bridgehead atoms. The lowest BCUT2D eigenvalue weighted by atomic mass is 9.85. The third-order valence-electron chi connectivity index (χ3n) is 6.07. The highest BCUT2D eigenvalue weighted by molar-refractivity contribution is 5.85. The maximum Gasteiger partial charge on any atom is 0.453 e. The van der Waals surface area contributed by atoms with Gasteiger partial charge in [0, 0.05) is 44.1 Å². The van der Waals surface area contributed by atoms with Crippen molar-refractivity contribution in [3.05, 3.63) is 65.5 Å². The van der Waals surface area contributed by atoms with Gasteiger partial charge in [-0.3, -0.25) is 4.79 Å². The number of hydrogen-bond acceptors (Lipinski definition) is 6. The molecule has 188 valence electrons. The molecule has 1 aliphatic heterocycles. The number of amides is 1. The molecule has 0 unspecified atom stereocenters. The summed E-state index contributed by atoms with van der Waals surface area (Å²) in [6, 6.07) is 14.7. The van der Waals surface area contributed by atoms with E-state index in [4.69, 9.17) is 4.74 Å². The van der Waals surface area contributed by atoms with Gasteiger partial charge in [-0.25, -0.2) is 0 Å². The van der Waals surface area contributed by atoms with E-state index < -0.39 is 12.0 Å². The molecule has 2 aromatic carbocycles. The Kier molecular flexibility index (Phi) is 8.34. The van der Waals surface area contributed by atoms with Crippen molar-refractivity contribution >= 4 is 18.3 Å². The Morgan fingerprint density at radius 2 is 1.94 bits per heavy atom. The van der Waals surface area contributed by atoms with Crippen molar-refractivity contribution in [3.8, 4) is 11.4 Å². The Bertz CT molecular complexity index is 1140. The number of tetrazole rings is 1. The van der Waals surface area contributed by atoms with Crippen LogP contribution in [0.3, 0.4) is 0 Å². The zero-order valence-corrected chi connectivity index (χ0v) is 20.0. The number of nitrogens with zero attached hydrogens (tertiary/aromatic N) is 5. The highest BCUT2D eigenvalue weighted by Crippen LogP contribution is 2.31. The van der Waals surface area contributed by atoms with Crippen LogP contribution in [-0.4, -0.2) is 57.3 Å². The number of likely N-dealkylation sites (tertiary alicyclic amines) is 1. The number of nitrogens with one attached hydrogen (secondary N) is 1. The van der Waals surface area contributed by atoms with E-state index in [2.05, 4.69) is 20.8 Å². The lowest BCUT2D eigenvalue weighted by molar-refractivity contribution is -0.146. The number of rotatable bonds is 6. The number of aromatic nitrogens is 4. The molecule has 1 N–H and O–H groups in total. The van der Waals surface area contributed by atoms with Crippen LogP contribution in [0.5, 0.6) is 5.75 Å². The van der Waals surface area contributed by atoms with Crippen molar-refractivity contribution < 1.29 is 22.7 Å². The van der Waals surface area contributed by atoms with Crippen molar-refractivity contribution in [2.45, 2.75) is 38.0 Å². The van der Waals surface area contributed by atoms with Gasteiger partial charge in [-0.2, -0.15) is 17.9 Å². The number of hydrogen-bond donors (Lipinski definition) is 1. The molecule has 2 atom stereocenters. The fraction of sp³-hybridized carbons (Fsp3) is 0.391. The first-order valence-corrected chi connectivity index (χ1v) is 10.8. The van der Waals surface area contributed by atoms with Gasteiger partial charge in [-0.15, -0.1) is 17.5 Å². The molecule has 1 saturated heterocycles. The smallest absolute Gasteiger partial charge is 0.453 e. The molecule has 0 saturated carbocycles. The lowest BCUT2D eigenvalue weighted by Gasteiger charge is -2.39. The Hall–Kier alpha value is -3.18. The molecule has 1 fully saturated rings. The number of halogens is 4. The molecule has 0 spiro atoms. The van der Waals surface area contributed by atoms with Crippen molar-refractivity contribution in [2.75, 3.05) is 20.2 Å². The minimum Gasteiger partial charge on any atom is -0.496 e. The van der Waals surface area contributed by atoms with E-state index in [1.165, 1.54) is 13.2 Å². The van der Waals surface area contributed by atoms with Gasteiger partial charge < -0.3 is 15.0 Å². The van der Waals surface area contributed by atoms with E-state index in [-0.39, 0.29) is 36.0 Å². The average molecular weight is 511 g/mol. The van der Waals surface area contributed by atoms with E-state index in [1.807, 2.05) is 35.2 Å². The van der Waals surface area contributed by atoms with Gasteiger partial charge in [-0.05, 0) is 40.6 Å². The third kappa shape index (κ3) is 5.91. The molecule has 4 rings (SSSR count). The number of ether oxygens (including phenoxy) is 1. The van der Waals surface area contributed by atoms with E-state index >= 15 is 0 Å². The second kappa shape index (κ2) is 11.0. The Morgan fingerprint density at radius 1 is 1.20 bits per heavy atom.